The van der Waals surface area contributed by atoms with E-state index < -0.39 is 0 Å². The third-order valence-corrected chi connectivity index (χ3v) is 4.62. The van der Waals surface area contributed by atoms with E-state index >= 15 is 0 Å². The maximum absolute atomic E-state index is 6.07. The second kappa shape index (κ2) is 7.38. The second-order valence-corrected chi connectivity index (χ2v) is 6.02. The van der Waals surface area contributed by atoms with Crippen molar-refractivity contribution in [3.63, 3.8) is 0 Å². The summed E-state index contributed by atoms with van der Waals surface area (Å²) in [5.41, 5.74) is 6.32. The molecule has 2 unspecified atom stereocenters. The Morgan fingerprint density at radius 3 is 2.65 bits per heavy atom. The van der Waals surface area contributed by atoms with E-state index in [0.717, 1.165) is 12.5 Å². The minimum absolute atomic E-state index is 0.253. The van der Waals surface area contributed by atoms with Crippen molar-refractivity contribution in [1.29, 1.82) is 0 Å². The number of hydrogen-bond donors (Lipinski definition) is 1. The molecule has 2 N–H and O–H groups in total. The Balaban J connectivity index is 2.51. The number of unbranched alkanes of at least 4 members (excludes halogenated alkanes) is 2. The van der Waals surface area contributed by atoms with Crippen molar-refractivity contribution >= 4 is 0 Å². The van der Waals surface area contributed by atoms with Crippen LogP contribution in [0.2, 0.25) is 0 Å². The summed E-state index contributed by atoms with van der Waals surface area (Å²) in [6, 6.07) is 0. The zero-order valence-corrected chi connectivity index (χ0v) is 12.2. The van der Waals surface area contributed by atoms with Crippen LogP contribution < -0.4 is 5.73 Å². The molecule has 1 aliphatic rings. The normalized spacial score (nSPS) is 25.8. The first-order valence-corrected chi connectivity index (χ1v) is 7.61. The van der Waals surface area contributed by atoms with Gasteiger partial charge in [-0.2, -0.15) is 0 Å². The van der Waals surface area contributed by atoms with E-state index in [0.29, 0.717) is 0 Å². The highest BCUT2D eigenvalue weighted by Crippen LogP contribution is 2.28. The van der Waals surface area contributed by atoms with Crippen molar-refractivity contribution in [1.82, 2.24) is 4.90 Å². The van der Waals surface area contributed by atoms with Crippen LogP contribution in [0.3, 0.4) is 0 Å². The van der Waals surface area contributed by atoms with Gasteiger partial charge in [0, 0.05) is 18.6 Å². The molecule has 2 atom stereocenters. The van der Waals surface area contributed by atoms with Crippen molar-refractivity contribution in [2.24, 2.45) is 11.7 Å². The molecule has 0 radical (unpaired) electrons. The molecule has 0 spiro atoms. The second-order valence-electron chi connectivity index (χ2n) is 6.02. The zero-order chi connectivity index (χ0) is 12.7. The van der Waals surface area contributed by atoms with Crippen LogP contribution in [0.1, 0.15) is 65.7 Å². The molecule has 0 aromatic heterocycles. The van der Waals surface area contributed by atoms with Gasteiger partial charge in [-0.1, -0.05) is 39.5 Å². The Bertz CT molecular complexity index is 205. The number of hydrogen-bond acceptors (Lipinski definition) is 2. The summed E-state index contributed by atoms with van der Waals surface area (Å²) < 4.78 is 0. The standard InChI is InChI=1S/C15H32N2/c1-4-6-7-10-15(3,13-16)17-11-8-9-14(5-2)12-17/h14H,4-13,16H2,1-3H3. The summed E-state index contributed by atoms with van der Waals surface area (Å²) in [6.45, 7) is 10.3. The average molecular weight is 240 g/mol. The predicted molar refractivity (Wildman–Crippen MR) is 76.2 cm³/mol. The monoisotopic (exact) mass is 240 g/mol. The van der Waals surface area contributed by atoms with E-state index in [1.54, 1.807) is 0 Å². The van der Waals surface area contributed by atoms with Crippen LogP contribution in [0.4, 0.5) is 0 Å². The Morgan fingerprint density at radius 2 is 2.06 bits per heavy atom. The van der Waals surface area contributed by atoms with Crippen LogP contribution in [0.15, 0.2) is 0 Å². The van der Waals surface area contributed by atoms with E-state index in [4.69, 9.17) is 5.73 Å². The smallest absolute Gasteiger partial charge is 0.0303 e. The average Bonchev–Trinajstić information content (AvgIpc) is 2.39. The molecule has 0 aromatic rings. The summed E-state index contributed by atoms with van der Waals surface area (Å²) in [6.07, 6.45) is 9.36. The Labute approximate surface area is 108 Å². The number of likely N-dealkylation sites (tertiary alicyclic amines) is 1. The molecule has 1 rings (SSSR count). The molecule has 102 valence electrons. The van der Waals surface area contributed by atoms with Gasteiger partial charge < -0.3 is 5.73 Å². The van der Waals surface area contributed by atoms with Gasteiger partial charge in [-0.15, -0.1) is 0 Å². The summed E-state index contributed by atoms with van der Waals surface area (Å²) in [4.78, 5) is 2.68. The van der Waals surface area contributed by atoms with Crippen LogP contribution in [0.25, 0.3) is 0 Å². The first kappa shape index (κ1) is 15.0. The highest BCUT2D eigenvalue weighted by Gasteiger charge is 2.33. The van der Waals surface area contributed by atoms with E-state index in [1.807, 2.05) is 0 Å². The van der Waals surface area contributed by atoms with Crippen LogP contribution in [-0.4, -0.2) is 30.1 Å². The Hall–Kier alpha value is -0.0800. The molecular weight excluding hydrogens is 208 g/mol. The van der Waals surface area contributed by atoms with Crippen molar-refractivity contribution in [3.05, 3.63) is 0 Å². The maximum Gasteiger partial charge on any atom is 0.0303 e. The number of piperidine rings is 1. The topological polar surface area (TPSA) is 29.3 Å². The molecule has 0 aliphatic carbocycles. The third kappa shape index (κ3) is 4.26. The molecular formula is C15H32N2. The number of nitrogens with two attached hydrogens (primary N) is 1. The van der Waals surface area contributed by atoms with Crippen molar-refractivity contribution in [2.45, 2.75) is 71.3 Å². The molecule has 1 aliphatic heterocycles. The first-order valence-electron chi connectivity index (χ1n) is 7.61. The number of nitrogens with zero attached hydrogens (tertiary/aromatic N) is 1. The molecule has 1 heterocycles. The zero-order valence-electron chi connectivity index (χ0n) is 12.2. The summed E-state index contributed by atoms with van der Waals surface area (Å²) in [5.74, 6) is 0.904. The minimum Gasteiger partial charge on any atom is -0.329 e. The summed E-state index contributed by atoms with van der Waals surface area (Å²) in [7, 11) is 0. The van der Waals surface area contributed by atoms with Gasteiger partial charge in [0.1, 0.15) is 0 Å². The SMILES string of the molecule is CCCCCC(C)(CN)N1CCCC(CC)C1. The highest BCUT2D eigenvalue weighted by molar-refractivity contribution is 4.90. The van der Waals surface area contributed by atoms with Gasteiger partial charge >= 0.3 is 0 Å². The first-order chi connectivity index (χ1) is 8.16. The lowest BCUT2D eigenvalue weighted by molar-refractivity contribution is 0.0507. The fourth-order valence-corrected chi connectivity index (χ4v) is 3.03. The summed E-state index contributed by atoms with van der Waals surface area (Å²) in [5, 5.41) is 0. The Kier molecular flexibility index (Phi) is 6.50. The molecule has 0 bridgehead atoms. The van der Waals surface area contributed by atoms with Gasteiger partial charge in [-0.3, -0.25) is 4.90 Å². The van der Waals surface area contributed by atoms with Gasteiger partial charge in [0.2, 0.25) is 0 Å². The largest absolute Gasteiger partial charge is 0.329 e. The fourth-order valence-electron chi connectivity index (χ4n) is 3.03. The van der Waals surface area contributed by atoms with Crippen LogP contribution in [0.5, 0.6) is 0 Å². The van der Waals surface area contributed by atoms with Crippen molar-refractivity contribution < 1.29 is 0 Å². The highest BCUT2D eigenvalue weighted by atomic mass is 15.2. The van der Waals surface area contributed by atoms with E-state index in [9.17, 15) is 0 Å². The fraction of sp³-hybridized carbons (Fsp3) is 1.00. The molecule has 0 amide bonds. The molecule has 0 saturated carbocycles. The molecule has 17 heavy (non-hydrogen) atoms. The lowest BCUT2D eigenvalue weighted by Crippen LogP contribution is -2.55. The Morgan fingerprint density at radius 1 is 1.29 bits per heavy atom. The number of rotatable bonds is 7. The molecule has 1 saturated heterocycles. The third-order valence-electron chi connectivity index (χ3n) is 4.62. The van der Waals surface area contributed by atoms with E-state index in [2.05, 4.69) is 25.7 Å². The molecule has 0 aromatic carbocycles. The van der Waals surface area contributed by atoms with Crippen molar-refractivity contribution in [2.75, 3.05) is 19.6 Å². The van der Waals surface area contributed by atoms with Gasteiger partial charge in [-0.05, 0) is 38.6 Å². The van der Waals surface area contributed by atoms with Gasteiger partial charge in [0.25, 0.3) is 0 Å². The molecule has 1 fully saturated rings. The van der Waals surface area contributed by atoms with Gasteiger partial charge in [0.05, 0.1) is 0 Å². The minimum atomic E-state index is 0.253. The van der Waals surface area contributed by atoms with Gasteiger partial charge in [-0.25, -0.2) is 0 Å². The van der Waals surface area contributed by atoms with Crippen LogP contribution >= 0.6 is 0 Å². The van der Waals surface area contributed by atoms with Crippen molar-refractivity contribution in [3.8, 4) is 0 Å². The lowest BCUT2D eigenvalue weighted by Gasteiger charge is -2.45. The summed E-state index contributed by atoms with van der Waals surface area (Å²) >= 11 is 0. The predicted octanol–water partition coefficient (Wildman–Crippen LogP) is 3.41. The molecule has 2 nitrogen and oxygen atoms in total. The molecule has 2 heteroatoms. The van der Waals surface area contributed by atoms with Crippen LogP contribution in [-0.2, 0) is 0 Å². The van der Waals surface area contributed by atoms with Gasteiger partial charge in [0.15, 0.2) is 0 Å². The lowest BCUT2D eigenvalue weighted by atomic mass is 9.87. The van der Waals surface area contributed by atoms with E-state index in [-0.39, 0.29) is 5.54 Å². The quantitative estimate of drug-likeness (QED) is 0.691. The van der Waals surface area contributed by atoms with Crippen LogP contribution in [0, 0.1) is 5.92 Å². The van der Waals surface area contributed by atoms with E-state index in [1.165, 1.54) is 58.0 Å². The maximum atomic E-state index is 6.07.